The van der Waals surface area contributed by atoms with E-state index in [2.05, 4.69) is 12.2 Å². The van der Waals surface area contributed by atoms with Crippen LogP contribution < -0.4 is 5.32 Å². The molecule has 1 heterocycles. The van der Waals surface area contributed by atoms with Crippen LogP contribution in [0.5, 0.6) is 0 Å². The molecule has 2 N–H and O–H groups in total. The number of benzene rings is 1. The van der Waals surface area contributed by atoms with E-state index in [-0.39, 0.29) is 30.9 Å². The largest absolute Gasteiger partial charge is 0.396 e. The Kier molecular flexibility index (Phi) is 6.86. The molecule has 1 saturated heterocycles. The van der Waals surface area contributed by atoms with Crippen molar-refractivity contribution in [2.75, 3.05) is 19.7 Å². The molecular weight excluding hydrogens is 292 g/mol. The summed E-state index contributed by atoms with van der Waals surface area (Å²) in [6, 6.07) is 9.80. The Morgan fingerprint density at radius 1 is 1.39 bits per heavy atom. The number of hydrogen-bond donors (Lipinski definition) is 2. The van der Waals surface area contributed by atoms with Crippen molar-refractivity contribution in [1.29, 1.82) is 0 Å². The van der Waals surface area contributed by atoms with Crippen molar-refractivity contribution in [1.82, 2.24) is 10.2 Å². The Labute approximate surface area is 138 Å². The molecule has 0 aliphatic carbocycles. The number of hydrogen-bond acceptors (Lipinski definition) is 3. The summed E-state index contributed by atoms with van der Waals surface area (Å²) >= 11 is 0. The maximum atomic E-state index is 12.6. The quantitative estimate of drug-likeness (QED) is 0.847. The zero-order valence-corrected chi connectivity index (χ0v) is 14.1. The van der Waals surface area contributed by atoms with Crippen LogP contribution in [0.4, 0.5) is 4.79 Å². The minimum absolute atomic E-state index is 0.0506. The van der Waals surface area contributed by atoms with Crippen LogP contribution in [0.3, 0.4) is 0 Å². The number of rotatable bonds is 6. The molecule has 3 unspecified atom stereocenters. The maximum absolute atomic E-state index is 12.6. The molecule has 128 valence electrons. The van der Waals surface area contributed by atoms with E-state index >= 15 is 0 Å². The molecule has 23 heavy (non-hydrogen) atoms. The lowest BCUT2D eigenvalue weighted by atomic mass is 10.0. The van der Waals surface area contributed by atoms with Crippen molar-refractivity contribution in [2.24, 2.45) is 0 Å². The van der Waals surface area contributed by atoms with E-state index in [9.17, 15) is 4.79 Å². The minimum Gasteiger partial charge on any atom is -0.396 e. The van der Waals surface area contributed by atoms with Crippen molar-refractivity contribution in [2.45, 2.75) is 51.4 Å². The number of carbonyl (C=O) groups is 1. The molecular formula is C18H28N2O3. The number of nitrogens with one attached hydrogen (secondary N) is 1. The third-order valence-corrected chi connectivity index (χ3v) is 4.22. The Hall–Kier alpha value is -1.59. The fourth-order valence-electron chi connectivity index (χ4n) is 2.98. The first kappa shape index (κ1) is 17.8. The van der Waals surface area contributed by atoms with Gasteiger partial charge in [-0.1, -0.05) is 37.3 Å². The van der Waals surface area contributed by atoms with E-state index in [1.165, 1.54) is 0 Å². The van der Waals surface area contributed by atoms with E-state index in [4.69, 9.17) is 9.84 Å². The first-order valence-electron chi connectivity index (χ1n) is 8.50. The first-order chi connectivity index (χ1) is 11.1. The molecule has 0 spiro atoms. The molecule has 0 radical (unpaired) electrons. The molecule has 3 atom stereocenters. The molecule has 0 bridgehead atoms. The fraction of sp³-hybridized carbons (Fsp3) is 0.611. The van der Waals surface area contributed by atoms with Gasteiger partial charge in [0.1, 0.15) is 0 Å². The molecule has 1 fully saturated rings. The molecule has 2 rings (SSSR count). The highest BCUT2D eigenvalue weighted by atomic mass is 16.5. The third-order valence-electron chi connectivity index (χ3n) is 4.22. The number of aliphatic hydroxyl groups excluding tert-OH is 1. The molecule has 0 aromatic heterocycles. The van der Waals surface area contributed by atoms with Crippen molar-refractivity contribution < 1.29 is 14.6 Å². The second-order valence-corrected chi connectivity index (χ2v) is 6.16. The highest BCUT2D eigenvalue weighted by Crippen LogP contribution is 2.20. The number of amides is 2. The Morgan fingerprint density at radius 3 is 2.78 bits per heavy atom. The van der Waals surface area contributed by atoms with Crippen LogP contribution in [0.1, 0.15) is 44.7 Å². The fourth-order valence-corrected chi connectivity index (χ4v) is 2.98. The second-order valence-electron chi connectivity index (χ2n) is 6.16. The van der Waals surface area contributed by atoms with Crippen molar-refractivity contribution in [3.05, 3.63) is 35.9 Å². The van der Waals surface area contributed by atoms with Crippen LogP contribution >= 0.6 is 0 Å². The smallest absolute Gasteiger partial charge is 0.318 e. The number of nitrogens with zero attached hydrogens (tertiary/aromatic N) is 1. The van der Waals surface area contributed by atoms with Gasteiger partial charge in [-0.2, -0.15) is 0 Å². The molecule has 5 heteroatoms. The van der Waals surface area contributed by atoms with Crippen molar-refractivity contribution >= 4 is 6.03 Å². The van der Waals surface area contributed by atoms with Crippen LogP contribution in [0, 0.1) is 0 Å². The van der Waals surface area contributed by atoms with E-state index < -0.39 is 0 Å². The number of morpholine rings is 1. The lowest BCUT2D eigenvalue weighted by Crippen LogP contribution is -2.52. The summed E-state index contributed by atoms with van der Waals surface area (Å²) in [5.74, 6) is 0. The van der Waals surface area contributed by atoms with Crippen molar-refractivity contribution in [3.63, 3.8) is 0 Å². The Balaban J connectivity index is 2.02. The average molecular weight is 320 g/mol. The predicted octanol–water partition coefficient (Wildman–Crippen LogP) is 2.71. The number of carbonyl (C=O) groups excluding carboxylic acids is 1. The van der Waals surface area contributed by atoms with Crippen molar-refractivity contribution in [3.8, 4) is 0 Å². The van der Waals surface area contributed by atoms with Gasteiger partial charge in [0.15, 0.2) is 0 Å². The zero-order valence-electron chi connectivity index (χ0n) is 14.1. The number of urea groups is 1. The van der Waals surface area contributed by atoms with Gasteiger partial charge in [0.05, 0.1) is 18.2 Å². The normalized spacial score (nSPS) is 22.7. The summed E-state index contributed by atoms with van der Waals surface area (Å²) in [7, 11) is 0. The lowest BCUT2D eigenvalue weighted by Gasteiger charge is -2.37. The lowest BCUT2D eigenvalue weighted by molar-refractivity contribution is -0.0648. The first-order valence-corrected chi connectivity index (χ1v) is 8.50. The van der Waals surface area contributed by atoms with Crippen LogP contribution in [0.25, 0.3) is 0 Å². The molecule has 5 nitrogen and oxygen atoms in total. The van der Waals surface area contributed by atoms with Crippen LogP contribution in [-0.4, -0.2) is 47.9 Å². The molecule has 1 aromatic rings. The highest BCUT2D eigenvalue weighted by Gasteiger charge is 2.28. The highest BCUT2D eigenvalue weighted by molar-refractivity contribution is 5.75. The van der Waals surface area contributed by atoms with Gasteiger partial charge in [0.25, 0.3) is 0 Å². The van der Waals surface area contributed by atoms with Gasteiger partial charge in [-0.05, 0) is 31.7 Å². The van der Waals surface area contributed by atoms with Gasteiger partial charge < -0.3 is 20.1 Å². The summed E-state index contributed by atoms with van der Waals surface area (Å²) in [6.07, 6.45) is 2.46. The van der Waals surface area contributed by atoms with Gasteiger partial charge >= 0.3 is 6.03 Å². The summed E-state index contributed by atoms with van der Waals surface area (Å²) in [6.45, 7) is 5.46. The SMILES string of the molecule is CCC1CN(C(=O)NC(CCCO)c2ccccc2)CC(C)O1. The van der Waals surface area contributed by atoms with Gasteiger partial charge in [0, 0.05) is 19.7 Å². The summed E-state index contributed by atoms with van der Waals surface area (Å²) in [4.78, 5) is 14.5. The predicted molar refractivity (Wildman–Crippen MR) is 90.2 cm³/mol. The van der Waals surface area contributed by atoms with Crippen LogP contribution in [-0.2, 0) is 4.74 Å². The monoisotopic (exact) mass is 320 g/mol. The summed E-state index contributed by atoms with van der Waals surface area (Å²) in [5, 5.41) is 12.2. The molecule has 1 aromatic carbocycles. The van der Waals surface area contributed by atoms with E-state index in [0.717, 1.165) is 18.4 Å². The molecule has 1 aliphatic rings. The molecule has 0 saturated carbocycles. The minimum atomic E-state index is -0.0749. The van der Waals surface area contributed by atoms with Gasteiger partial charge in [-0.15, -0.1) is 0 Å². The average Bonchev–Trinajstić information content (AvgIpc) is 2.58. The van der Waals surface area contributed by atoms with Gasteiger partial charge in [-0.25, -0.2) is 4.79 Å². The van der Waals surface area contributed by atoms with Gasteiger partial charge in [-0.3, -0.25) is 0 Å². The third kappa shape index (κ3) is 5.22. The Bertz CT molecular complexity index is 480. The standard InChI is InChI=1S/C18H28N2O3/c1-3-16-13-20(12-14(2)23-16)18(22)19-17(10-7-11-21)15-8-5-4-6-9-15/h4-6,8-9,14,16-17,21H,3,7,10-13H2,1-2H3,(H,19,22). The zero-order chi connectivity index (χ0) is 16.7. The second kappa shape index (κ2) is 8.89. The molecule has 2 amide bonds. The van der Waals surface area contributed by atoms with E-state index in [1.54, 1.807) is 0 Å². The van der Waals surface area contributed by atoms with Gasteiger partial charge in [0.2, 0.25) is 0 Å². The number of ether oxygens (including phenoxy) is 1. The molecule has 1 aliphatic heterocycles. The van der Waals surface area contributed by atoms with E-state index in [0.29, 0.717) is 19.5 Å². The van der Waals surface area contributed by atoms with E-state index in [1.807, 2.05) is 42.2 Å². The van der Waals surface area contributed by atoms with Crippen LogP contribution in [0.15, 0.2) is 30.3 Å². The number of aliphatic hydroxyl groups is 1. The topological polar surface area (TPSA) is 61.8 Å². The summed E-state index contributed by atoms with van der Waals surface area (Å²) < 4.78 is 5.82. The van der Waals surface area contributed by atoms with Crippen LogP contribution in [0.2, 0.25) is 0 Å². The summed E-state index contributed by atoms with van der Waals surface area (Å²) in [5.41, 5.74) is 1.07. The maximum Gasteiger partial charge on any atom is 0.318 e. The Morgan fingerprint density at radius 2 is 2.13 bits per heavy atom.